The predicted molar refractivity (Wildman–Crippen MR) is 55.8 cm³/mol. The van der Waals surface area contributed by atoms with Gasteiger partial charge in [0.05, 0.1) is 13.0 Å². The highest BCUT2D eigenvalue weighted by molar-refractivity contribution is 5.80. The number of ketones is 1. The van der Waals surface area contributed by atoms with Crippen LogP contribution in [0.5, 0.6) is 0 Å². The summed E-state index contributed by atoms with van der Waals surface area (Å²) in [5.41, 5.74) is 0. The first-order valence-electron chi connectivity index (χ1n) is 5.37. The van der Waals surface area contributed by atoms with Gasteiger partial charge in [-0.25, -0.2) is 18.4 Å². The molecule has 0 fully saturated rings. The summed E-state index contributed by atoms with van der Waals surface area (Å²) in [5.74, 6) is 0.494. The lowest BCUT2D eigenvalue weighted by Gasteiger charge is -2.04. The molecule has 0 unspecified atom stereocenters. The highest BCUT2D eigenvalue weighted by atomic mass is 19.3. The topological polar surface area (TPSA) is 57.0 Å². The molecule has 0 spiro atoms. The van der Waals surface area contributed by atoms with Crippen LogP contribution in [-0.2, 0) is 22.5 Å². The van der Waals surface area contributed by atoms with E-state index < -0.39 is 13.0 Å². The van der Waals surface area contributed by atoms with Crippen molar-refractivity contribution in [3.63, 3.8) is 0 Å². The fraction of sp³-hybridized carbons (Fsp3) is 0.700. The predicted octanol–water partition coefficient (Wildman–Crippen LogP) is 1.08. The van der Waals surface area contributed by atoms with E-state index in [0.717, 1.165) is 0 Å². The number of carbonyl (C=O) groups excluding carboxylic acids is 1. The van der Waals surface area contributed by atoms with Crippen LogP contribution >= 0.6 is 0 Å². The normalized spacial score (nSPS) is 11.1. The third-order valence-corrected chi connectivity index (χ3v) is 2.12. The number of hydrogen-bond donors (Lipinski definition) is 0. The lowest BCUT2D eigenvalue weighted by Crippen LogP contribution is -2.13. The minimum atomic E-state index is -2.49. The third-order valence-electron chi connectivity index (χ3n) is 2.12. The van der Waals surface area contributed by atoms with Gasteiger partial charge in [-0.1, -0.05) is 0 Å². The van der Waals surface area contributed by atoms with Gasteiger partial charge in [0, 0.05) is 13.0 Å². The van der Waals surface area contributed by atoms with E-state index in [1.54, 1.807) is 4.68 Å². The van der Waals surface area contributed by atoms with Crippen LogP contribution in [0.2, 0.25) is 0 Å². The Morgan fingerprint density at radius 1 is 1.59 bits per heavy atom. The summed E-state index contributed by atoms with van der Waals surface area (Å²) in [6, 6.07) is 0. The average Bonchev–Trinajstić information content (AvgIpc) is 2.71. The summed E-state index contributed by atoms with van der Waals surface area (Å²) in [6.07, 6.45) is -0.831. The number of ether oxygens (including phenoxy) is 1. The molecule has 0 N–H and O–H groups in total. The van der Waals surface area contributed by atoms with Crippen molar-refractivity contribution in [3.05, 3.63) is 12.2 Å². The van der Waals surface area contributed by atoms with Crippen LogP contribution in [0.4, 0.5) is 8.78 Å². The molecule has 0 radical (unpaired) electrons. The molecule has 0 bridgehead atoms. The molecular weight excluding hydrogens is 232 g/mol. The third kappa shape index (κ3) is 4.99. The Hall–Kier alpha value is -1.37. The molecule has 1 aromatic heterocycles. The monoisotopic (exact) mass is 247 g/mol. The molecule has 0 aliphatic rings. The lowest BCUT2D eigenvalue weighted by molar-refractivity contribution is -0.120. The van der Waals surface area contributed by atoms with Crippen molar-refractivity contribution in [3.8, 4) is 0 Å². The zero-order valence-electron chi connectivity index (χ0n) is 9.60. The lowest BCUT2D eigenvalue weighted by atomic mass is 10.2. The molecule has 0 amide bonds. The minimum absolute atomic E-state index is 0.0173. The van der Waals surface area contributed by atoms with Crippen LogP contribution in [0, 0.1) is 0 Å². The number of alkyl halides is 2. The zero-order chi connectivity index (χ0) is 12.7. The van der Waals surface area contributed by atoms with Crippen molar-refractivity contribution in [2.45, 2.75) is 32.7 Å². The maximum Gasteiger partial charge on any atom is 0.261 e. The molecule has 0 aliphatic carbocycles. The Bertz CT molecular complexity index is 355. The molecule has 17 heavy (non-hydrogen) atoms. The SMILES string of the molecule is CCn1ncnc1CC(=O)CCOCC(F)F. The van der Waals surface area contributed by atoms with E-state index in [1.165, 1.54) is 6.33 Å². The quantitative estimate of drug-likeness (QED) is 0.645. The van der Waals surface area contributed by atoms with Crippen LogP contribution in [0.3, 0.4) is 0 Å². The molecule has 0 atom stereocenters. The number of aryl methyl sites for hydroxylation is 1. The van der Waals surface area contributed by atoms with Gasteiger partial charge >= 0.3 is 0 Å². The van der Waals surface area contributed by atoms with E-state index in [1.807, 2.05) is 6.92 Å². The molecule has 7 heteroatoms. The first-order chi connectivity index (χ1) is 8.13. The van der Waals surface area contributed by atoms with E-state index in [9.17, 15) is 13.6 Å². The smallest absolute Gasteiger partial charge is 0.261 e. The van der Waals surface area contributed by atoms with Gasteiger partial charge in [-0.15, -0.1) is 0 Å². The first kappa shape index (κ1) is 13.7. The number of aromatic nitrogens is 3. The molecule has 0 saturated heterocycles. The molecule has 1 aromatic rings. The van der Waals surface area contributed by atoms with Crippen LogP contribution in [0.15, 0.2) is 6.33 Å². The van der Waals surface area contributed by atoms with Crippen molar-refractivity contribution in [2.24, 2.45) is 0 Å². The minimum Gasteiger partial charge on any atom is -0.375 e. The Kier molecular flexibility index (Phi) is 5.68. The van der Waals surface area contributed by atoms with Crippen LogP contribution in [0.1, 0.15) is 19.2 Å². The van der Waals surface area contributed by atoms with E-state index in [2.05, 4.69) is 14.8 Å². The first-order valence-corrected chi connectivity index (χ1v) is 5.37. The number of nitrogens with zero attached hydrogens (tertiary/aromatic N) is 3. The largest absolute Gasteiger partial charge is 0.375 e. The van der Waals surface area contributed by atoms with Gasteiger partial charge in [-0.2, -0.15) is 5.10 Å². The van der Waals surface area contributed by atoms with Crippen molar-refractivity contribution < 1.29 is 18.3 Å². The van der Waals surface area contributed by atoms with Crippen LogP contribution < -0.4 is 0 Å². The van der Waals surface area contributed by atoms with Gasteiger partial charge in [0.2, 0.25) is 0 Å². The molecular formula is C10H15F2N3O2. The Labute approximate surface area is 97.8 Å². The zero-order valence-corrected chi connectivity index (χ0v) is 9.60. The van der Waals surface area contributed by atoms with Crippen molar-refractivity contribution in [1.82, 2.24) is 14.8 Å². The van der Waals surface area contributed by atoms with Crippen molar-refractivity contribution in [1.29, 1.82) is 0 Å². The summed E-state index contributed by atoms with van der Waals surface area (Å²) in [7, 11) is 0. The summed E-state index contributed by atoms with van der Waals surface area (Å²) in [5, 5.41) is 3.93. The fourth-order valence-electron chi connectivity index (χ4n) is 1.31. The summed E-state index contributed by atoms with van der Waals surface area (Å²) >= 11 is 0. The number of Topliss-reactive ketones (excluding diaryl/α,β-unsaturated/α-hetero) is 1. The maximum absolute atomic E-state index is 11.7. The molecule has 0 aromatic carbocycles. The second kappa shape index (κ2) is 7.05. The average molecular weight is 247 g/mol. The van der Waals surface area contributed by atoms with Crippen molar-refractivity contribution in [2.75, 3.05) is 13.2 Å². The van der Waals surface area contributed by atoms with Gasteiger partial charge in [0.1, 0.15) is 24.5 Å². The molecule has 1 rings (SSSR count). The van der Waals surface area contributed by atoms with E-state index in [0.29, 0.717) is 12.4 Å². The van der Waals surface area contributed by atoms with Gasteiger partial charge in [0.25, 0.3) is 6.43 Å². The standard InChI is InChI=1S/C10H15F2N3O2/c1-2-15-10(13-7-14-15)5-8(16)3-4-17-6-9(11)12/h7,9H,2-6H2,1H3. The Morgan fingerprint density at radius 2 is 2.35 bits per heavy atom. The van der Waals surface area contributed by atoms with Crippen LogP contribution in [0.25, 0.3) is 0 Å². The van der Waals surface area contributed by atoms with Crippen LogP contribution in [-0.4, -0.2) is 40.2 Å². The maximum atomic E-state index is 11.7. The number of halogens is 2. The van der Waals surface area contributed by atoms with E-state index in [4.69, 9.17) is 0 Å². The summed E-state index contributed by atoms with van der Waals surface area (Å²) in [4.78, 5) is 15.4. The van der Waals surface area contributed by atoms with Gasteiger partial charge < -0.3 is 4.74 Å². The molecule has 96 valence electrons. The number of hydrogen-bond acceptors (Lipinski definition) is 4. The molecule has 1 heterocycles. The molecule has 0 saturated carbocycles. The fourth-order valence-corrected chi connectivity index (χ4v) is 1.31. The second-order valence-corrected chi connectivity index (χ2v) is 3.42. The summed E-state index contributed by atoms with van der Waals surface area (Å²) in [6.45, 7) is 1.93. The van der Waals surface area contributed by atoms with Gasteiger partial charge in [-0.3, -0.25) is 4.79 Å². The molecule has 5 nitrogen and oxygen atoms in total. The summed E-state index contributed by atoms with van der Waals surface area (Å²) < 4.78 is 29.7. The Balaban J connectivity index is 2.25. The van der Waals surface area contributed by atoms with E-state index in [-0.39, 0.29) is 25.2 Å². The second-order valence-electron chi connectivity index (χ2n) is 3.42. The van der Waals surface area contributed by atoms with Crippen molar-refractivity contribution >= 4 is 5.78 Å². The highest BCUT2D eigenvalue weighted by Crippen LogP contribution is 2.00. The molecule has 0 aliphatic heterocycles. The van der Waals surface area contributed by atoms with Gasteiger partial charge in [-0.05, 0) is 6.92 Å². The van der Waals surface area contributed by atoms with E-state index >= 15 is 0 Å². The highest BCUT2D eigenvalue weighted by Gasteiger charge is 2.10. The Morgan fingerprint density at radius 3 is 3.00 bits per heavy atom. The number of carbonyl (C=O) groups is 1. The number of rotatable bonds is 8. The van der Waals surface area contributed by atoms with Gasteiger partial charge in [0.15, 0.2) is 0 Å².